The van der Waals surface area contributed by atoms with Gasteiger partial charge in [0.25, 0.3) is 5.91 Å². The van der Waals surface area contributed by atoms with Crippen LogP contribution in [0, 0.1) is 0 Å². The van der Waals surface area contributed by atoms with Gasteiger partial charge in [0.15, 0.2) is 17.6 Å². The fourth-order valence-corrected chi connectivity index (χ4v) is 2.30. The van der Waals surface area contributed by atoms with Crippen LogP contribution >= 0.6 is 11.3 Å². The van der Waals surface area contributed by atoms with Crippen molar-refractivity contribution < 1.29 is 14.3 Å². The van der Waals surface area contributed by atoms with Gasteiger partial charge in [-0.1, -0.05) is 30.4 Å². The van der Waals surface area contributed by atoms with E-state index in [4.69, 9.17) is 9.47 Å². The molecule has 2 aromatic rings. The van der Waals surface area contributed by atoms with Crippen molar-refractivity contribution in [3.8, 4) is 11.5 Å². The highest BCUT2D eigenvalue weighted by Crippen LogP contribution is 2.27. The van der Waals surface area contributed by atoms with Crippen LogP contribution in [-0.2, 0) is 11.2 Å². The van der Waals surface area contributed by atoms with Crippen LogP contribution in [0.5, 0.6) is 11.5 Å². The molecule has 0 aliphatic carbocycles. The Hall–Kier alpha value is -2.15. The summed E-state index contributed by atoms with van der Waals surface area (Å²) in [5, 5.41) is 11.9. The van der Waals surface area contributed by atoms with Gasteiger partial charge in [0.05, 0.1) is 7.11 Å². The van der Waals surface area contributed by atoms with Crippen molar-refractivity contribution in [1.82, 2.24) is 10.2 Å². The van der Waals surface area contributed by atoms with Crippen LogP contribution in [0.2, 0.25) is 0 Å². The van der Waals surface area contributed by atoms with E-state index < -0.39 is 6.10 Å². The number of benzene rings is 1. The van der Waals surface area contributed by atoms with E-state index in [2.05, 4.69) is 15.5 Å². The first kappa shape index (κ1) is 15.2. The number of rotatable bonds is 6. The minimum atomic E-state index is -0.671. The van der Waals surface area contributed by atoms with E-state index in [1.54, 1.807) is 26.2 Å². The van der Waals surface area contributed by atoms with Gasteiger partial charge >= 0.3 is 0 Å². The first-order valence-corrected chi connectivity index (χ1v) is 7.38. The number of para-hydroxylation sites is 2. The number of methoxy groups -OCH3 is 1. The molecule has 1 aromatic heterocycles. The van der Waals surface area contributed by atoms with Crippen molar-refractivity contribution in [3.63, 3.8) is 0 Å². The van der Waals surface area contributed by atoms with Crippen LogP contribution in [0.25, 0.3) is 0 Å². The normalized spacial score (nSPS) is 11.8. The number of nitrogens with one attached hydrogen (secondary N) is 1. The number of amides is 1. The van der Waals surface area contributed by atoms with Gasteiger partial charge < -0.3 is 9.47 Å². The Morgan fingerprint density at radius 1 is 1.33 bits per heavy atom. The largest absolute Gasteiger partial charge is 0.493 e. The van der Waals surface area contributed by atoms with Crippen LogP contribution in [0.15, 0.2) is 24.3 Å². The van der Waals surface area contributed by atoms with Gasteiger partial charge in [0.1, 0.15) is 5.01 Å². The van der Waals surface area contributed by atoms with Gasteiger partial charge in [-0.15, -0.1) is 10.2 Å². The van der Waals surface area contributed by atoms with E-state index in [1.165, 1.54) is 11.3 Å². The number of aromatic nitrogens is 2. The zero-order valence-corrected chi connectivity index (χ0v) is 12.9. The zero-order chi connectivity index (χ0) is 15.2. The van der Waals surface area contributed by atoms with Crippen molar-refractivity contribution in [2.24, 2.45) is 0 Å². The minimum Gasteiger partial charge on any atom is -0.493 e. The fraction of sp³-hybridized carbons (Fsp3) is 0.357. The lowest BCUT2D eigenvalue weighted by Crippen LogP contribution is -2.30. The van der Waals surface area contributed by atoms with Crippen LogP contribution < -0.4 is 14.8 Å². The van der Waals surface area contributed by atoms with Crippen LogP contribution in [0.3, 0.4) is 0 Å². The molecule has 7 heteroatoms. The number of hydrogen-bond donors (Lipinski definition) is 1. The summed E-state index contributed by atoms with van der Waals surface area (Å²) in [7, 11) is 1.56. The Morgan fingerprint density at radius 3 is 2.67 bits per heavy atom. The van der Waals surface area contributed by atoms with E-state index in [-0.39, 0.29) is 5.91 Å². The van der Waals surface area contributed by atoms with E-state index in [9.17, 15) is 4.79 Å². The Bertz CT molecular complexity index is 615. The van der Waals surface area contributed by atoms with Gasteiger partial charge in [-0.25, -0.2) is 0 Å². The lowest BCUT2D eigenvalue weighted by Gasteiger charge is -2.15. The summed E-state index contributed by atoms with van der Waals surface area (Å²) >= 11 is 1.36. The van der Waals surface area contributed by atoms with Crippen molar-refractivity contribution in [1.29, 1.82) is 0 Å². The number of anilines is 1. The van der Waals surface area contributed by atoms with Crippen molar-refractivity contribution >= 4 is 22.4 Å². The number of aryl methyl sites for hydroxylation is 1. The summed E-state index contributed by atoms with van der Waals surface area (Å²) in [6, 6.07) is 7.19. The molecule has 0 saturated heterocycles. The molecule has 1 unspecified atom stereocenters. The number of ether oxygens (including phenoxy) is 2. The van der Waals surface area contributed by atoms with Crippen molar-refractivity contribution in [2.45, 2.75) is 26.4 Å². The maximum atomic E-state index is 12.1. The molecule has 1 aromatic carbocycles. The summed E-state index contributed by atoms with van der Waals surface area (Å²) in [6.45, 7) is 3.66. The minimum absolute atomic E-state index is 0.278. The molecule has 1 heterocycles. The number of hydrogen-bond acceptors (Lipinski definition) is 6. The maximum absolute atomic E-state index is 12.1. The smallest absolute Gasteiger partial charge is 0.266 e. The second kappa shape index (κ2) is 7.03. The third kappa shape index (κ3) is 3.91. The van der Waals surface area contributed by atoms with Crippen molar-refractivity contribution in [2.75, 3.05) is 12.4 Å². The molecular formula is C14H17N3O3S. The lowest BCUT2D eigenvalue weighted by atomic mass is 10.3. The van der Waals surface area contributed by atoms with E-state index in [0.717, 1.165) is 11.4 Å². The highest BCUT2D eigenvalue weighted by molar-refractivity contribution is 7.15. The quantitative estimate of drug-likeness (QED) is 0.887. The molecule has 0 saturated carbocycles. The second-order valence-electron chi connectivity index (χ2n) is 4.25. The molecule has 0 aliphatic heterocycles. The predicted molar refractivity (Wildman–Crippen MR) is 81.0 cm³/mol. The molecule has 2 rings (SSSR count). The zero-order valence-electron chi connectivity index (χ0n) is 12.1. The van der Waals surface area contributed by atoms with Crippen LogP contribution in [0.4, 0.5) is 5.13 Å². The van der Waals surface area contributed by atoms with E-state index in [1.807, 2.05) is 19.1 Å². The Morgan fingerprint density at radius 2 is 2.05 bits per heavy atom. The van der Waals surface area contributed by atoms with Gasteiger partial charge in [-0.3, -0.25) is 10.1 Å². The fourth-order valence-electron chi connectivity index (χ4n) is 1.61. The Kier molecular flexibility index (Phi) is 5.10. The lowest BCUT2D eigenvalue weighted by molar-refractivity contribution is -0.122. The highest BCUT2D eigenvalue weighted by Gasteiger charge is 2.18. The predicted octanol–water partition coefficient (Wildman–Crippen LogP) is 2.52. The first-order valence-electron chi connectivity index (χ1n) is 6.57. The summed E-state index contributed by atoms with van der Waals surface area (Å²) < 4.78 is 10.8. The molecular weight excluding hydrogens is 290 g/mol. The topological polar surface area (TPSA) is 73.3 Å². The Labute approximate surface area is 127 Å². The average molecular weight is 307 g/mol. The van der Waals surface area contributed by atoms with E-state index >= 15 is 0 Å². The summed E-state index contributed by atoms with van der Waals surface area (Å²) in [5.41, 5.74) is 0. The van der Waals surface area contributed by atoms with Gasteiger partial charge in [0, 0.05) is 0 Å². The molecule has 21 heavy (non-hydrogen) atoms. The summed E-state index contributed by atoms with van der Waals surface area (Å²) in [6.07, 6.45) is 0.121. The van der Waals surface area contributed by atoms with Gasteiger partial charge in [-0.05, 0) is 25.5 Å². The molecule has 112 valence electrons. The average Bonchev–Trinajstić information content (AvgIpc) is 2.95. The summed E-state index contributed by atoms with van der Waals surface area (Å²) in [5.74, 6) is 0.829. The first-order chi connectivity index (χ1) is 10.1. The standard InChI is InChI=1S/C14H17N3O3S/c1-4-12-16-17-14(21-12)15-13(18)9(2)20-11-8-6-5-7-10(11)19-3/h5-9H,4H2,1-3H3,(H,15,17,18). The van der Waals surface area contributed by atoms with Crippen molar-refractivity contribution in [3.05, 3.63) is 29.3 Å². The number of carbonyl (C=O) groups excluding carboxylic acids is 1. The SMILES string of the molecule is CCc1nnc(NC(=O)C(C)Oc2ccccc2OC)s1. The van der Waals surface area contributed by atoms with Gasteiger partial charge in [0.2, 0.25) is 5.13 Å². The third-order valence-electron chi connectivity index (χ3n) is 2.74. The highest BCUT2D eigenvalue weighted by atomic mass is 32.1. The second-order valence-corrected chi connectivity index (χ2v) is 5.32. The molecule has 1 N–H and O–H groups in total. The molecule has 0 aliphatic rings. The Balaban J connectivity index is 1.99. The number of carbonyl (C=O) groups is 1. The molecule has 0 bridgehead atoms. The molecule has 6 nitrogen and oxygen atoms in total. The molecule has 0 radical (unpaired) electrons. The number of nitrogens with zero attached hydrogens (tertiary/aromatic N) is 2. The maximum Gasteiger partial charge on any atom is 0.266 e. The third-order valence-corrected chi connectivity index (χ3v) is 3.72. The molecule has 1 atom stereocenters. The molecule has 1 amide bonds. The monoisotopic (exact) mass is 307 g/mol. The van der Waals surface area contributed by atoms with E-state index in [0.29, 0.717) is 16.6 Å². The summed E-state index contributed by atoms with van der Waals surface area (Å²) in [4.78, 5) is 12.1. The van der Waals surface area contributed by atoms with Crippen LogP contribution in [-0.4, -0.2) is 29.3 Å². The van der Waals surface area contributed by atoms with Crippen LogP contribution in [0.1, 0.15) is 18.9 Å². The molecule has 0 spiro atoms. The van der Waals surface area contributed by atoms with Gasteiger partial charge in [-0.2, -0.15) is 0 Å². The molecule has 0 fully saturated rings.